The molecule has 10 heteroatoms. The minimum Gasteiger partial charge on any atom is -0.493 e. The van der Waals surface area contributed by atoms with Crippen molar-refractivity contribution in [3.05, 3.63) is 72.7 Å². The number of rotatable bonds is 9. The Hall–Kier alpha value is -5.14. The minimum atomic E-state index is -0.403. The van der Waals surface area contributed by atoms with E-state index in [1.165, 1.54) is 0 Å². The number of nitrogens with zero attached hydrogens (tertiary/aromatic N) is 4. The molecule has 3 heterocycles. The van der Waals surface area contributed by atoms with Gasteiger partial charge in [0, 0.05) is 34.8 Å². The number of anilines is 1. The first-order chi connectivity index (χ1) is 19.0. The van der Waals surface area contributed by atoms with Crippen molar-refractivity contribution in [3.63, 3.8) is 0 Å². The SMILES string of the molecule is COc1cc2ncc3c(N)nc(-c4cncc(OC[C@@H](N)COc5cccc(C#N)c5)c4)cc3c2cc1OC. The van der Waals surface area contributed by atoms with Crippen LogP contribution in [-0.2, 0) is 0 Å². The number of hydrogen-bond donors (Lipinski definition) is 2. The van der Waals surface area contributed by atoms with Crippen molar-refractivity contribution >= 4 is 27.5 Å². The first-order valence-electron chi connectivity index (χ1n) is 12.1. The topological polar surface area (TPSA) is 151 Å². The van der Waals surface area contributed by atoms with Gasteiger partial charge in [-0.15, -0.1) is 0 Å². The molecule has 0 aliphatic rings. The van der Waals surface area contributed by atoms with Crippen LogP contribution in [0.15, 0.2) is 67.1 Å². The number of nitrogen functional groups attached to an aromatic ring is 1. The molecule has 0 saturated heterocycles. The Labute approximate surface area is 224 Å². The zero-order chi connectivity index (χ0) is 27.4. The van der Waals surface area contributed by atoms with Crippen LogP contribution >= 0.6 is 0 Å². The Morgan fingerprint density at radius 2 is 1.64 bits per heavy atom. The van der Waals surface area contributed by atoms with Crippen LogP contribution in [0.4, 0.5) is 5.82 Å². The number of ether oxygens (including phenoxy) is 4. The average molecular weight is 523 g/mol. The second-order valence-electron chi connectivity index (χ2n) is 8.77. The largest absolute Gasteiger partial charge is 0.493 e. The highest BCUT2D eigenvalue weighted by atomic mass is 16.5. The molecule has 5 aromatic rings. The lowest BCUT2D eigenvalue weighted by Gasteiger charge is -2.15. The third-order valence-electron chi connectivity index (χ3n) is 6.11. The predicted molar refractivity (Wildman–Crippen MR) is 148 cm³/mol. The standard InChI is InChI=1S/C29H26N6O4/c1-36-27-9-23-22-8-25(35-29(32)24(22)14-34-26(23)10-28(27)37-2)18-7-21(13-33-12-18)39-16-19(31)15-38-20-5-3-4-17(6-20)11-30/h3-10,12-14,19H,15-16,31H2,1-2H3,(H2,32,35)/t19-/m0/s1. The highest BCUT2D eigenvalue weighted by molar-refractivity contribution is 6.10. The fourth-order valence-corrected chi connectivity index (χ4v) is 4.15. The molecular formula is C29H26N6O4. The van der Waals surface area contributed by atoms with Gasteiger partial charge in [-0.25, -0.2) is 4.98 Å². The highest BCUT2D eigenvalue weighted by Crippen LogP contribution is 2.37. The molecule has 4 N–H and O–H groups in total. The van der Waals surface area contributed by atoms with E-state index >= 15 is 0 Å². The van der Waals surface area contributed by atoms with Crippen LogP contribution in [0.1, 0.15) is 5.56 Å². The maximum Gasteiger partial charge on any atom is 0.162 e. The van der Waals surface area contributed by atoms with E-state index in [1.54, 1.807) is 57.1 Å². The summed E-state index contributed by atoms with van der Waals surface area (Å²) in [4.78, 5) is 13.4. The first kappa shape index (κ1) is 25.5. The zero-order valence-electron chi connectivity index (χ0n) is 21.4. The van der Waals surface area contributed by atoms with Crippen LogP contribution in [0.5, 0.6) is 23.0 Å². The van der Waals surface area contributed by atoms with Crippen molar-refractivity contribution in [3.8, 4) is 40.3 Å². The van der Waals surface area contributed by atoms with E-state index in [2.05, 4.69) is 21.0 Å². The summed E-state index contributed by atoms with van der Waals surface area (Å²) >= 11 is 0. The van der Waals surface area contributed by atoms with E-state index in [4.69, 9.17) is 35.7 Å². The molecule has 0 saturated carbocycles. The lowest BCUT2D eigenvalue weighted by atomic mass is 10.0. The molecule has 3 aromatic heterocycles. The third kappa shape index (κ3) is 5.44. The van der Waals surface area contributed by atoms with E-state index in [0.717, 1.165) is 27.2 Å². The van der Waals surface area contributed by atoms with Crippen LogP contribution in [-0.4, -0.2) is 48.4 Å². The summed E-state index contributed by atoms with van der Waals surface area (Å²) < 4.78 is 22.5. The number of pyridine rings is 3. The maximum atomic E-state index is 9.03. The Balaban J connectivity index is 1.37. The van der Waals surface area contributed by atoms with Gasteiger partial charge in [-0.05, 0) is 41.8 Å². The predicted octanol–water partition coefficient (Wildman–Crippen LogP) is 4.10. The zero-order valence-corrected chi connectivity index (χ0v) is 21.4. The normalized spacial score (nSPS) is 11.6. The van der Waals surface area contributed by atoms with Crippen molar-refractivity contribution in [2.24, 2.45) is 5.73 Å². The molecule has 0 amide bonds. The molecule has 10 nitrogen and oxygen atoms in total. The fraction of sp³-hybridized carbons (Fsp3) is 0.172. The average Bonchev–Trinajstić information content (AvgIpc) is 2.98. The van der Waals surface area contributed by atoms with Gasteiger partial charge in [-0.1, -0.05) is 6.07 Å². The summed E-state index contributed by atoms with van der Waals surface area (Å²) in [7, 11) is 3.17. The van der Waals surface area contributed by atoms with Crippen molar-refractivity contribution in [1.82, 2.24) is 15.0 Å². The number of hydrogen-bond acceptors (Lipinski definition) is 10. The van der Waals surface area contributed by atoms with Crippen molar-refractivity contribution in [2.75, 3.05) is 33.2 Å². The molecule has 0 radical (unpaired) electrons. The van der Waals surface area contributed by atoms with Crippen LogP contribution in [0.2, 0.25) is 0 Å². The van der Waals surface area contributed by atoms with Gasteiger partial charge in [0.2, 0.25) is 0 Å². The summed E-state index contributed by atoms with van der Waals surface area (Å²) in [6.07, 6.45) is 5.00. The lowest BCUT2D eigenvalue weighted by Crippen LogP contribution is -2.34. The van der Waals surface area contributed by atoms with Crippen LogP contribution in [0.25, 0.3) is 32.9 Å². The molecule has 39 heavy (non-hydrogen) atoms. The molecule has 2 aromatic carbocycles. The van der Waals surface area contributed by atoms with E-state index in [1.807, 2.05) is 24.3 Å². The molecule has 0 fully saturated rings. The molecule has 5 rings (SSSR count). The second-order valence-corrected chi connectivity index (χ2v) is 8.77. The van der Waals surface area contributed by atoms with Gasteiger partial charge in [-0.2, -0.15) is 5.26 Å². The van der Waals surface area contributed by atoms with Gasteiger partial charge < -0.3 is 30.4 Å². The molecule has 0 unspecified atom stereocenters. The van der Waals surface area contributed by atoms with E-state index in [-0.39, 0.29) is 13.2 Å². The van der Waals surface area contributed by atoms with Gasteiger partial charge in [-0.3, -0.25) is 9.97 Å². The number of nitriles is 1. The fourth-order valence-electron chi connectivity index (χ4n) is 4.15. The summed E-state index contributed by atoms with van der Waals surface area (Å²) in [5.41, 5.74) is 15.1. The summed E-state index contributed by atoms with van der Waals surface area (Å²) in [6.45, 7) is 0.425. The van der Waals surface area contributed by atoms with Crippen molar-refractivity contribution in [1.29, 1.82) is 5.26 Å². The molecule has 0 spiro atoms. The van der Waals surface area contributed by atoms with Crippen LogP contribution < -0.4 is 30.4 Å². The van der Waals surface area contributed by atoms with Crippen molar-refractivity contribution < 1.29 is 18.9 Å². The Bertz CT molecular complexity index is 1700. The number of aromatic nitrogens is 3. The maximum absolute atomic E-state index is 9.03. The summed E-state index contributed by atoms with van der Waals surface area (Å²) in [5.74, 6) is 2.63. The van der Waals surface area contributed by atoms with E-state index < -0.39 is 6.04 Å². The number of benzene rings is 2. The van der Waals surface area contributed by atoms with Gasteiger partial charge in [0.15, 0.2) is 11.5 Å². The molecule has 0 aliphatic heterocycles. The molecular weight excluding hydrogens is 496 g/mol. The van der Waals surface area contributed by atoms with Crippen molar-refractivity contribution in [2.45, 2.75) is 6.04 Å². The number of methoxy groups -OCH3 is 2. The monoisotopic (exact) mass is 522 g/mol. The van der Waals surface area contributed by atoms with E-state index in [0.29, 0.717) is 40.1 Å². The Morgan fingerprint density at radius 1 is 0.872 bits per heavy atom. The third-order valence-corrected chi connectivity index (χ3v) is 6.11. The molecule has 0 bridgehead atoms. The van der Waals surface area contributed by atoms with Gasteiger partial charge in [0.05, 0.1) is 49.3 Å². The molecule has 1 atom stereocenters. The smallest absolute Gasteiger partial charge is 0.162 e. The van der Waals surface area contributed by atoms with Gasteiger partial charge >= 0.3 is 0 Å². The highest BCUT2D eigenvalue weighted by Gasteiger charge is 2.14. The Kier molecular flexibility index (Phi) is 7.25. The number of nitrogens with two attached hydrogens (primary N) is 2. The molecule has 0 aliphatic carbocycles. The van der Waals surface area contributed by atoms with Crippen LogP contribution in [0.3, 0.4) is 0 Å². The Morgan fingerprint density at radius 3 is 2.41 bits per heavy atom. The second kappa shape index (κ2) is 11.1. The van der Waals surface area contributed by atoms with Gasteiger partial charge in [0.25, 0.3) is 0 Å². The lowest BCUT2D eigenvalue weighted by molar-refractivity contribution is 0.220. The summed E-state index contributed by atoms with van der Waals surface area (Å²) in [6, 6.07) is 16.1. The van der Waals surface area contributed by atoms with Gasteiger partial charge in [0.1, 0.15) is 30.5 Å². The summed E-state index contributed by atoms with van der Waals surface area (Å²) in [5, 5.41) is 11.5. The number of fused-ring (bicyclic) bond motifs is 3. The quantitative estimate of drug-likeness (QED) is 0.271. The first-order valence-corrected chi connectivity index (χ1v) is 12.1. The van der Waals surface area contributed by atoms with E-state index in [9.17, 15) is 0 Å². The van der Waals surface area contributed by atoms with Crippen LogP contribution in [0, 0.1) is 11.3 Å². The minimum absolute atomic E-state index is 0.203. The molecule has 196 valence electrons.